The van der Waals surface area contributed by atoms with Gasteiger partial charge in [-0.25, -0.2) is 8.42 Å². The van der Waals surface area contributed by atoms with Crippen molar-refractivity contribution in [3.63, 3.8) is 0 Å². The number of nitrogens with one attached hydrogen (secondary N) is 3. The number of amides is 2. The quantitative estimate of drug-likeness (QED) is 0.596. The van der Waals surface area contributed by atoms with Gasteiger partial charge in [0.05, 0.1) is 4.90 Å². The molecule has 9 heteroatoms. The molecule has 8 nitrogen and oxygen atoms in total. The number of hydrogen-bond donors (Lipinski definition) is 3. The van der Waals surface area contributed by atoms with Crippen LogP contribution in [0, 0.1) is 5.92 Å². The number of nitrogens with zero attached hydrogens (tertiary/aromatic N) is 1. The first kappa shape index (κ1) is 22.0. The molecule has 0 spiro atoms. The van der Waals surface area contributed by atoms with E-state index in [1.165, 1.54) is 6.07 Å². The van der Waals surface area contributed by atoms with Gasteiger partial charge in [0.15, 0.2) is 0 Å². The number of fused-ring (bicyclic) bond motifs is 1. The van der Waals surface area contributed by atoms with Gasteiger partial charge in [-0.2, -0.15) is 0 Å². The summed E-state index contributed by atoms with van der Waals surface area (Å²) in [5.41, 5.74) is 1.41. The van der Waals surface area contributed by atoms with Gasteiger partial charge in [-0.1, -0.05) is 32.0 Å². The smallest absolute Gasteiger partial charge is 0.263 e. The molecular weight excluding hydrogens is 428 g/mol. The molecule has 2 aromatic carbocycles. The van der Waals surface area contributed by atoms with Crippen LogP contribution in [0.25, 0.3) is 0 Å². The van der Waals surface area contributed by atoms with Crippen LogP contribution in [-0.2, 0) is 14.8 Å². The largest absolute Gasteiger partial charge is 0.349 e. The molecule has 3 N–H and O–H groups in total. The Labute approximate surface area is 187 Å². The van der Waals surface area contributed by atoms with Gasteiger partial charge in [-0.15, -0.1) is 0 Å². The second kappa shape index (κ2) is 8.74. The topological polar surface area (TPSA) is 117 Å². The molecule has 0 saturated heterocycles. The molecule has 1 fully saturated rings. The molecule has 2 aromatic rings. The van der Waals surface area contributed by atoms with Crippen LogP contribution < -0.4 is 15.4 Å². The van der Waals surface area contributed by atoms with E-state index in [0.717, 1.165) is 12.8 Å². The Kier molecular flexibility index (Phi) is 6.01. The van der Waals surface area contributed by atoms with Crippen LogP contribution in [0.5, 0.6) is 0 Å². The zero-order valence-corrected chi connectivity index (χ0v) is 18.8. The van der Waals surface area contributed by atoms with E-state index in [2.05, 4.69) is 20.3 Å². The van der Waals surface area contributed by atoms with Gasteiger partial charge in [0.1, 0.15) is 11.9 Å². The first-order chi connectivity index (χ1) is 15.2. The minimum Gasteiger partial charge on any atom is -0.349 e. The molecule has 0 unspecified atom stereocenters. The van der Waals surface area contributed by atoms with E-state index >= 15 is 0 Å². The summed E-state index contributed by atoms with van der Waals surface area (Å²) in [6, 6.07) is 12.7. The van der Waals surface area contributed by atoms with Crippen molar-refractivity contribution < 1.29 is 18.0 Å². The normalized spacial score (nSPS) is 18.7. The molecule has 2 amide bonds. The Hall–Kier alpha value is -3.20. The highest BCUT2D eigenvalue weighted by molar-refractivity contribution is 7.90. The zero-order valence-electron chi connectivity index (χ0n) is 18.0. The Morgan fingerprint density at radius 2 is 1.88 bits per heavy atom. The lowest BCUT2D eigenvalue weighted by atomic mass is 10.0. The molecule has 168 valence electrons. The molecule has 1 aliphatic heterocycles. The zero-order chi connectivity index (χ0) is 22.9. The highest BCUT2D eigenvalue weighted by Crippen LogP contribution is 2.24. The number of rotatable bonds is 7. The van der Waals surface area contributed by atoms with Gasteiger partial charge >= 0.3 is 0 Å². The number of carbonyl (C=O) groups excluding carboxylic acids is 2. The number of aliphatic imine (C=N–C) groups is 1. The van der Waals surface area contributed by atoms with Crippen LogP contribution in [0.2, 0.25) is 0 Å². The number of carbonyl (C=O) groups is 2. The van der Waals surface area contributed by atoms with Gasteiger partial charge < -0.3 is 10.6 Å². The number of sulfonamides is 1. The fourth-order valence-corrected chi connectivity index (χ4v) is 4.75. The molecule has 2 aliphatic rings. The highest BCUT2D eigenvalue weighted by Gasteiger charge is 2.32. The van der Waals surface area contributed by atoms with Crippen molar-refractivity contribution >= 4 is 33.4 Å². The Bertz CT molecular complexity index is 1190. The lowest BCUT2D eigenvalue weighted by molar-refractivity contribution is -0.117. The van der Waals surface area contributed by atoms with E-state index < -0.39 is 16.1 Å². The van der Waals surface area contributed by atoms with Gasteiger partial charge in [-0.05, 0) is 55.5 Å². The summed E-state index contributed by atoms with van der Waals surface area (Å²) in [5.74, 6) is -0.216. The van der Waals surface area contributed by atoms with Gasteiger partial charge in [-0.3, -0.25) is 19.3 Å². The molecule has 1 atom stereocenters. The monoisotopic (exact) mass is 454 g/mol. The van der Waals surface area contributed by atoms with E-state index in [4.69, 9.17) is 0 Å². The Balaban J connectivity index is 1.56. The van der Waals surface area contributed by atoms with E-state index in [-0.39, 0.29) is 34.5 Å². The average molecular weight is 455 g/mol. The summed E-state index contributed by atoms with van der Waals surface area (Å²) >= 11 is 0. The molecule has 1 aliphatic carbocycles. The van der Waals surface area contributed by atoms with E-state index in [0.29, 0.717) is 23.2 Å². The third-order valence-electron chi connectivity index (χ3n) is 5.25. The highest BCUT2D eigenvalue weighted by atomic mass is 32.2. The van der Waals surface area contributed by atoms with Gasteiger partial charge in [0.2, 0.25) is 5.91 Å². The molecular formula is C23H26N4O4S. The maximum absolute atomic E-state index is 13.1. The number of amidine groups is 1. The molecule has 0 bridgehead atoms. The van der Waals surface area contributed by atoms with Crippen LogP contribution in [-0.4, -0.2) is 38.2 Å². The first-order valence-electron chi connectivity index (χ1n) is 10.6. The van der Waals surface area contributed by atoms with Crippen molar-refractivity contribution in [2.45, 2.75) is 50.1 Å². The van der Waals surface area contributed by atoms with Crippen molar-refractivity contribution in [3.8, 4) is 0 Å². The number of hydrogen-bond acceptors (Lipinski definition) is 5. The predicted molar refractivity (Wildman–Crippen MR) is 122 cm³/mol. The maximum Gasteiger partial charge on any atom is 0.263 e. The third kappa shape index (κ3) is 4.99. The predicted octanol–water partition coefficient (Wildman–Crippen LogP) is 2.67. The third-order valence-corrected chi connectivity index (χ3v) is 6.65. The van der Waals surface area contributed by atoms with Crippen LogP contribution >= 0.6 is 0 Å². The second-order valence-corrected chi connectivity index (χ2v) is 10.2. The fourth-order valence-electron chi connectivity index (χ4n) is 3.51. The van der Waals surface area contributed by atoms with Crippen molar-refractivity contribution in [1.82, 2.24) is 10.0 Å². The molecule has 4 rings (SSSR count). The summed E-state index contributed by atoms with van der Waals surface area (Å²) in [4.78, 5) is 30.0. The average Bonchev–Trinajstić information content (AvgIpc) is 3.52. The Morgan fingerprint density at radius 3 is 2.59 bits per heavy atom. The van der Waals surface area contributed by atoms with Crippen LogP contribution in [0.3, 0.4) is 0 Å². The summed E-state index contributed by atoms with van der Waals surface area (Å²) in [6.45, 7) is 3.94. The Morgan fingerprint density at radius 1 is 1.12 bits per heavy atom. The summed E-state index contributed by atoms with van der Waals surface area (Å²) in [7, 11) is -3.69. The first-order valence-corrected chi connectivity index (χ1v) is 12.1. The fraction of sp³-hybridized carbons (Fsp3) is 0.348. The van der Waals surface area contributed by atoms with Crippen LogP contribution in [0.15, 0.2) is 58.4 Å². The standard InChI is InChI=1S/C23H26N4O4S/c1-14(2)12-19(26-21-18-8-3-4-9-20(18)32(30,31)27-21)23(29)25-17-7-5-6-15(13-17)22(28)24-16-10-11-16/h3-9,13-14,16,19H,10-12H2,1-2H3,(H,24,28)(H,25,29)(H,26,27)/t19-/m0/s1. The maximum atomic E-state index is 13.1. The van der Waals surface area contributed by atoms with E-state index in [9.17, 15) is 18.0 Å². The lowest BCUT2D eigenvalue weighted by Gasteiger charge is -2.16. The summed E-state index contributed by atoms with van der Waals surface area (Å²) in [5, 5.41) is 5.75. The van der Waals surface area contributed by atoms with Crippen LogP contribution in [0.4, 0.5) is 5.69 Å². The van der Waals surface area contributed by atoms with Crippen LogP contribution in [0.1, 0.15) is 49.0 Å². The van der Waals surface area contributed by atoms with Crippen molar-refractivity contribution in [1.29, 1.82) is 0 Å². The van der Waals surface area contributed by atoms with Crippen molar-refractivity contribution in [2.24, 2.45) is 10.9 Å². The number of benzene rings is 2. The van der Waals surface area contributed by atoms with Crippen molar-refractivity contribution in [3.05, 3.63) is 59.7 Å². The van der Waals surface area contributed by atoms with E-state index in [1.54, 1.807) is 42.5 Å². The minimum absolute atomic E-state index is 0.150. The molecule has 0 radical (unpaired) electrons. The summed E-state index contributed by atoms with van der Waals surface area (Å²) in [6.07, 6.45) is 2.42. The second-order valence-electron chi connectivity index (χ2n) is 8.54. The number of anilines is 1. The van der Waals surface area contributed by atoms with E-state index in [1.807, 2.05) is 13.8 Å². The molecule has 1 heterocycles. The van der Waals surface area contributed by atoms with Gasteiger partial charge in [0.25, 0.3) is 15.9 Å². The SMILES string of the molecule is CC(C)C[C@H](N=C1NS(=O)(=O)c2ccccc21)C(=O)Nc1cccc(C(=O)NC2CC2)c1. The van der Waals surface area contributed by atoms with Gasteiger partial charge in [0, 0.05) is 22.9 Å². The molecule has 32 heavy (non-hydrogen) atoms. The molecule has 1 saturated carbocycles. The lowest BCUT2D eigenvalue weighted by Crippen LogP contribution is -2.32. The minimum atomic E-state index is -3.69. The van der Waals surface area contributed by atoms with Crippen molar-refractivity contribution in [2.75, 3.05) is 5.32 Å². The molecule has 0 aromatic heterocycles. The summed E-state index contributed by atoms with van der Waals surface area (Å²) < 4.78 is 27.2.